The highest BCUT2D eigenvalue weighted by Gasteiger charge is 2.08. The number of benzene rings is 2. The molecule has 0 saturated carbocycles. The molecule has 0 aliphatic carbocycles. The highest BCUT2D eigenvalue weighted by molar-refractivity contribution is 5.42. The molecule has 0 aromatic heterocycles. The molecule has 0 aliphatic heterocycles. The van der Waals surface area contributed by atoms with Crippen LogP contribution in [-0.4, -0.2) is 0 Å². The Hall–Kier alpha value is -2.31. The second-order valence-corrected chi connectivity index (χ2v) is 4.07. The minimum absolute atomic E-state index is 0.0969. The monoisotopic (exact) mass is 238 g/mol. The summed E-state index contributed by atoms with van der Waals surface area (Å²) in [5, 5.41) is 8.85. The van der Waals surface area contributed by atoms with Crippen LogP contribution in [0.5, 0.6) is 11.5 Å². The Morgan fingerprint density at radius 3 is 2.67 bits per heavy atom. The van der Waals surface area contributed by atoms with Crippen molar-refractivity contribution in [2.75, 3.05) is 0 Å². The van der Waals surface area contributed by atoms with Gasteiger partial charge in [-0.25, -0.2) is 0 Å². The lowest BCUT2D eigenvalue weighted by atomic mass is 10.1. The van der Waals surface area contributed by atoms with Crippen molar-refractivity contribution in [3.05, 3.63) is 59.7 Å². The second-order valence-electron chi connectivity index (χ2n) is 4.07. The van der Waals surface area contributed by atoms with Crippen molar-refractivity contribution in [3.8, 4) is 17.6 Å². The SMILES string of the molecule is CC(N)c1ccccc1Oc1cccc(C#N)c1. The first-order valence-electron chi connectivity index (χ1n) is 5.73. The van der Waals surface area contributed by atoms with Crippen molar-refractivity contribution in [1.82, 2.24) is 0 Å². The third kappa shape index (κ3) is 2.68. The molecule has 90 valence electrons. The first-order chi connectivity index (χ1) is 8.70. The lowest BCUT2D eigenvalue weighted by molar-refractivity contribution is 0.472. The predicted octanol–water partition coefficient (Wildman–Crippen LogP) is 3.37. The van der Waals surface area contributed by atoms with Gasteiger partial charge in [-0.3, -0.25) is 0 Å². The van der Waals surface area contributed by atoms with Crippen molar-refractivity contribution in [1.29, 1.82) is 5.26 Å². The minimum Gasteiger partial charge on any atom is -0.457 e. The van der Waals surface area contributed by atoms with Gasteiger partial charge in [0.05, 0.1) is 11.6 Å². The second kappa shape index (κ2) is 5.35. The summed E-state index contributed by atoms with van der Waals surface area (Å²) >= 11 is 0. The molecule has 2 aromatic rings. The largest absolute Gasteiger partial charge is 0.457 e. The number of hydrogen-bond acceptors (Lipinski definition) is 3. The number of nitrogens with two attached hydrogens (primary N) is 1. The standard InChI is InChI=1S/C15H14N2O/c1-11(17)14-7-2-3-8-15(14)18-13-6-4-5-12(9-13)10-16/h2-9,11H,17H2,1H3. The summed E-state index contributed by atoms with van der Waals surface area (Å²) in [6.45, 7) is 1.91. The Morgan fingerprint density at radius 1 is 1.17 bits per heavy atom. The maximum atomic E-state index is 8.85. The van der Waals surface area contributed by atoms with Gasteiger partial charge in [-0.05, 0) is 31.2 Å². The van der Waals surface area contributed by atoms with Crippen LogP contribution < -0.4 is 10.5 Å². The van der Waals surface area contributed by atoms with Gasteiger partial charge in [-0.2, -0.15) is 5.26 Å². The van der Waals surface area contributed by atoms with E-state index in [9.17, 15) is 0 Å². The Morgan fingerprint density at radius 2 is 1.94 bits per heavy atom. The normalized spacial score (nSPS) is 11.6. The average molecular weight is 238 g/mol. The molecular weight excluding hydrogens is 224 g/mol. The van der Waals surface area contributed by atoms with E-state index < -0.39 is 0 Å². The Balaban J connectivity index is 2.31. The quantitative estimate of drug-likeness (QED) is 0.891. The van der Waals surface area contributed by atoms with Crippen molar-refractivity contribution in [3.63, 3.8) is 0 Å². The lowest BCUT2D eigenvalue weighted by Gasteiger charge is -2.13. The van der Waals surface area contributed by atoms with Crippen molar-refractivity contribution in [2.45, 2.75) is 13.0 Å². The van der Waals surface area contributed by atoms with E-state index in [2.05, 4.69) is 6.07 Å². The summed E-state index contributed by atoms with van der Waals surface area (Å²) in [7, 11) is 0. The molecule has 0 fully saturated rings. The number of hydrogen-bond donors (Lipinski definition) is 1. The molecule has 3 nitrogen and oxygen atoms in total. The maximum Gasteiger partial charge on any atom is 0.132 e. The fourth-order valence-electron chi connectivity index (χ4n) is 1.71. The van der Waals surface area contributed by atoms with E-state index in [1.807, 2.05) is 37.3 Å². The van der Waals surface area contributed by atoms with Crippen LogP contribution in [0, 0.1) is 11.3 Å². The molecule has 1 unspecified atom stereocenters. The van der Waals surface area contributed by atoms with Gasteiger partial charge in [0.2, 0.25) is 0 Å². The molecule has 0 aliphatic rings. The summed E-state index contributed by atoms with van der Waals surface area (Å²) in [4.78, 5) is 0. The van der Waals surface area contributed by atoms with Gasteiger partial charge in [0, 0.05) is 11.6 Å². The minimum atomic E-state index is -0.0969. The van der Waals surface area contributed by atoms with Gasteiger partial charge in [0.25, 0.3) is 0 Å². The van der Waals surface area contributed by atoms with Gasteiger partial charge in [-0.15, -0.1) is 0 Å². The Bertz CT molecular complexity index is 585. The van der Waals surface area contributed by atoms with Gasteiger partial charge in [0.15, 0.2) is 0 Å². The van der Waals surface area contributed by atoms with Crippen molar-refractivity contribution < 1.29 is 4.74 Å². The molecule has 3 heteroatoms. The Labute approximate surface area is 106 Å². The summed E-state index contributed by atoms with van der Waals surface area (Å²) in [5.74, 6) is 1.37. The van der Waals surface area contributed by atoms with Crippen molar-refractivity contribution in [2.24, 2.45) is 5.73 Å². The van der Waals surface area contributed by atoms with Crippen LogP contribution in [0.15, 0.2) is 48.5 Å². The van der Waals surface area contributed by atoms with Crippen LogP contribution in [0.2, 0.25) is 0 Å². The number of nitrogens with zero attached hydrogens (tertiary/aromatic N) is 1. The summed E-state index contributed by atoms with van der Waals surface area (Å²) in [6, 6.07) is 16.7. The van der Waals surface area contributed by atoms with Gasteiger partial charge < -0.3 is 10.5 Å². The van der Waals surface area contributed by atoms with E-state index in [-0.39, 0.29) is 6.04 Å². The molecule has 0 bridgehead atoms. The maximum absolute atomic E-state index is 8.85. The molecule has 0 saturated heterocycles. The van der Waals surface area contributed by atoms with Crippen molar-refractivity contribution >= 4 is 0 Å². The predicted molar refractivity (Wildman–Crippen MR) is 70.3 cm³/mol. The van der Waals surface area contributed by atoms with Gasteiger partial charge in [0.1, 0.15) is 11.5 Å². The van der Waals surface area contributed by atoms with E-state index >= 15 is 0 Å². The third-order valence-electron chi connectivity index (χ3n) is 2.60. The molecular formula is C15H14N2O. The smallest absolute Gasteiger partial charge is 0.132 e. The van der Waals surface area contributed by atoms with Crippen LogP contribution >= 0.6 is 0 Å². The summed E-state index contributed by atoms with van der Waals surface area (Å²) in [6.07, 6.45) is 0. The van der Waals surface area contributed by atoms with E-state index in [0.29, 0.717) is 11.3 Å². The molecule has 18 heavy (non-hydrogen) atoms. The molecule has 0 spiro atoms. The number of ether oxygens (including phenoxy) is 1. The third-order valence-corrected chi connectivity index (χ3v) is 2.60. The topological polar surface area (TPSA) is 59.0 Å². The zero-order valence-electron chi connectivity index (χ0n) is 10.1. The molecule has 0 amide bonds. The van der Waals surface area contributed by atoms with Crippen LogP contribution in [0.1, 0.15) is 24.1 Å². The van der Waals surface area contributed by atoms with E-state index in [0.717, 1.165) is 11.3 Å². The first kappa shape index (κ1) is 12.2. The number of para-hydroxylation sites is 1. The van der Waals surface area contributed by atoms with E-state index in [1.54, 1.807) is 18.2 Å². The number of nitriles is 1. The summed E-state index contributed by atoms with van der Waals surface area (Å²) < 4.78 is 5.78. The van der Waals surface area contributed by atoms with Gasteiger partial charge >= 0.3 is 0 Å². The molecule has 2 rings (SSSR count). The fourth-order valence-corrected chi connectivity index (χ4v) is 1.71. The first-order valence-corrected chi connectivity index (χ1v) is 5.73. The number of rotatable bonds is 3. The fraction of sp³-hybridized carbons (Fsp3) is 0.133. The van der Waals surface area contributed by atoms with Crippen LogP contribution in [0.3, 0.4) is 0 Å². The van der Waals surface area contributed by atoms with Gasteiger partial charge in [-0.1, -0.05) is 24.3 Å². The van der Waals surface area contributed by atoms with Crippen LogP contribution in [-0.2, 0) is 0 Å². The zero-order chi connectivity index (χ0) is 13.0. The lowest BCUT2D eigenvalue weighted by Crippen LogP contribution is -2.06. The van der Waals surface area contributed by atoms with E-state index in [1.165, 1.54) is 0 Å². The molecule has 1 atom stereocenters. The molecule has 2 aromatic carbocycles. The average Bonchev–Trinajstić information content (AvgIpc) is 2.39. The molecule has 0 heterocycles. The highest BCUT2D eigenvalue weighted by Crippen LogP contribution is 2.28. The molecule has 0 radical (unpaired) electrons. The summed E-state index contributed by atoms with van der Waals surface area (Å²) in [5.41, 5.74) is 7.41. The Kier molecular flexibility index (Phi) is 3.61. The molecule has 2 N–H and O–H groups in total. The van der Waals surface area contributed by atoms with E-state index in [4.69, 9.17) is 15.7 Å². The highest BCUT2D eigenvalue weighted by atomic mass is 16.5. The zero-order valence-corrected chi connectivity index (χ0v) is 10.1. The van der Waals surface area contributed by atoms with Crippen LogP contribution in [0.25, 0.3) is 0 Å². The van der Waals surface area contributed by atoms with Crippen LogP contribution in [0.4, 0.5) is 0 Å².